The van der Waals surface area contributed by atoms with Crippen LogP contribution in [-0.2, 0) is 20.9 Å². The zero-order valence-electron chi connectivity index (χ0n) is 19.1. The molecule has 3 rings (SSSR count). The number of hydrogen-bond donors (Lipinski definition) is 1. The number of hydrogen-bond acceptors (Lipinski definition) is 5. The van der Waals surface area contributed by atoms with Crippen molar-refractivity contribution in [2.24, 2.45) is 5.92 Å². The summed E-state index contributed by atoms with van der Waals surface area (Å²) in [6, 6.07) is 8.26. The van der Waals surface area contributed by atoms with E-state index in [2.05, 4.69) is 5.32 Å². The first-order valence-corrected chi connectivity index (χ1v) is 11.4. The second-order valence-corrected chi connectivity index (χ2v) is 8.72. The molecule has 0 aliphatic heterocycles. The third-order valence-corrected chi connectivity index (χ3v) is 5.89. The molecule has 0 unspecified atom stereocenters. The van der Waals surface area contributed by atoms with Crippen molar-refractivity contribution in [3.8, 4) is 0 Å². The number of carbonyl (C=O) groups excluding carboxylic acids is 3. The first-order valence-electron chi connectivity index (χ1n) is 11.4. The zero-order valence-corrected chi connectivity index (χ0v) is 19.1. The summed E-state index contributed by atoms with van der Waals surface area (Å²) < 4.78 is 23.7. The first kappa shape index (κ1) is 24.5. The van der Waals surface area contributed by atoms with E-state index in [9.17, 15) is 18.8 Å². The van der Waals surface area contributed by atoms with Gasteiger partial charge in [0.25, 0.3) is 11.8 Å². The Bertz CT molecular complexity index is 921. The molecule has 178 valence electrons. The highest BCUT2D eigenvalue weighted by Crippen LogP contribution is 2.24. The SMILES string of the molecule is CC(C)[C@H](NC(=O)c1ccco1)C(=O)OCC(=O)N(Cc1ccc(F)cc1)C1CCCCC1. The summed E-state index contributed by atoms with van der Waals surface area (Å²) in [4.78, 5) is 39.8. The van der Waals surface area contributed by atoms with E-state index in [1.165, 1.54) is 24.5 Å². The molecular weight excluding hydrogens is 427 g/mol. The van der Waals surface area contributed by atoms with Gasteiger partial charge in [0, 0.05) is 12.6 Å². The topological polar surface area (TPSA) is 88.9 Å². The molecule has 1 heterocycles. The Kier molecular flexibility index (Phi) is 8.63. The molecule has 2 amide bonds. The lowest BCUT2D eigenvalue weighted by atomic mass is 9.93. The largest absolute Gasteiger partial charge is 0.459 e. The Hall–Kier alpha value is -3.16. The second-order valence-electron chi connectivity index (χ2n) is 8.72. The quantitative estimate of drug-likeness (QED) is 0.572. The van der Waals surface area contributed by atoms with Crippen molar-refractivity contribution in [2.45, 2.75) is 64.6 Å². The molecule has 1 N–H and O–H groups in total. The van der Waals surface area contributed by atoms with E-state index in [1.54, 1.807) is 36.9 Å². The molecule has 8 heteroatoms. The Labute approximate surface area is 193 Å². The number of furan rings is 1. The molecule has 0 saturated heterocycles. The smallest absolute Gasteiger partial charge is 0.329 e. The maximum atomic E-state index is 13.3. The van der Waals surface area contributed by atoms with Gasteiger partial charge in [-0.25, -0.2) is 9.18 Å². The van der Waals surface area contributed by atoms with Crippen LogP contribution in [0.2, 0.25) is 0 Å². The fourth-order valence-corrected chi connectivity index (χ4v) is 4.02. The van der Waals surface area contributed by atoms with Crippen molar-refractivity contribution in [3.63, 3.8) is 0 Å². The summed E-state index contributed by atoms with van der Waals surface area (Å²) in [7, 11) is 0. The minimum atomic E-state index is -0.921. The van der Waals surface area contributed by atoms with Crippen LogP contribution >= 0.6 is 0 Å². The van der Waals surface area contributed by atoms with Crippen LogP contribution in [0.25, 0.3) is 0 Å². The monoisotopic (exact) mass is 458 g/mol. The molecular formula is C25H31FN2O5. The summed E-state index contributed by atoms with van der Waals surface area (Å²) >= 11 is 0. The third-order valence-electron chi connectivity index (χ3n) is 5.89. The van der Waals surface area contributed by atoms with Gasteiger partial charge in [-0.05, 0) is 48.6 Å². The number of rotatable bonds is 9. The van der Waals surface area contributed by atoms with Crippen LogP contribution in [0.4, 0.5) is 4.39 Å². The predicted molar refractivity (Wildman–Crippen MR) is 120 cm³/mol. The van der Waals surface area contributed by atoms with Crippen molar-refractivity contribution in [1.29, 1.82) is 0 Å². The van der Waals surface area contributed by atoms with Gasteiger partial charge in [0.15, 0.2) is 12.4 Å². The fourth-order valence-electron chi connectivity index (χ4n) is 4.02. The fraction of sp³-hybridized carbons (Fsp3) is 0.480. The third kappa shape index (κ3) is 6.91. The highest BCUT2D eigenvalue weighted by molar-refractivity contribution is 5.94. The average Bonchev–Trinajstić information content (AvgIpc) is 3.36. The lowest BCUT2D eigenvalue weighted by molar-refractivity contribution is -0.156. The number of amides is 2. The van der Waals surface area contributed by atoms with Crippen molar-refractivity contribution >= 4 is 17.8 Å². The predicted octanol–water partition coefficient (Wildman–Crippen LogP) is 4.08. The van der Waals surface area contributed by atoms with Gasteiger partial charge in [-0.15, -0.1) is 0 Å². The van der Waals surface area contributed by atoms with E-state index in [-0.39, 0.29) is 29.4 Å². The van der Waals surface area contributed by atoms with Crippen molar-refractivity contribution in [1.82, 2.24) is 10.2 Å². The number of ether oxygens (including phenoxy) is 1. The van der Waals surface area contributed by atoms with Gasteiger partial charge in [0.1, 0.15) is 11.9 Å². The Morgan fingerprint density at radius 2 is 1.82 bits per heavy atom. The van der Waals surface area contributed by atoms with Crippen LogP contribution in [0.5, 0.6) is 0 Å². The molecule has 33 heavy (non-hydrogen) atoms. The van der Waals surface area contributed by atoms with Crippen LogP contribution in [0.1, 0.15) is 62.1 Å². The maximum Gasteiger partial charge on any atom is 0.329 e. The minimum Gasteiger partial charge on any atom is -0.459 e. The van der Waals surface area contributed by atoms with Gasteiger partial charge in [0.2, 0.25) is 0 Å². The van der Waals surface area contributed by atoms with Crippen molar-refractivity contribution < 1.29 is 27.9 Å². The highest BCUT2D eigenvalue weighted by Gasteiger charge is 2.30. The Balaban J connectivity index is 1.63. The highest BCUT2D eigenvalue weighted by atomic mass is 19.1. The average molecular weight is 459 g/mol. The molecule has 0 spiro atoms. The van der Waals surface area contributed by atoms with E-state index in [0.717, 1.165) is 37.7 Å². The van der Waals surface area contributed by atoms with Crippen LogP contribution < -0.4 is 5.32 Å². The van der Waals surface area contributed by atoms with Gasteiger partial charge >= 0.3 is 5.97 Å². The number of halogens is 1. The maximum absolute atomic E-state index is 13.3. The molecule has 1 aliphatic rings. The molecule has 1 saturated carbocycles. The molecule has 7 nitrogen and oxygen atoms in total. The molecule has 1 aromatic heterocycles. The van der Waals surface area contributed by atoms with E-state index in [4.69, 9.17) is 9.15 Å². The lowest BCUT2D eigenvalue weighted by Crippen LogP contribution is -2.47. The molecule has 2 aromatic rings. The summed E-state index contributed by atoms with van der Waals surface area (Å²) in [5, 5.41) is 2.61. The van der Waals surface area contributed by atoms with Crippen LogP contribution in [0, 0.1) is 11.7 Å². The van der Waals surface area contributed by atoms with Crippen molar-refractivity contribution in [2.75, 3.05) is 6.61 Å². The Morgan fingerprint density at radius 1 is 1.12 bits per heavy atom. The molecule has 1 atom stereocenters. The summed E-state index contributed by atoms with van der Waals surface area (Å²) in [6.45, 7) is 3.46. The number of nitrogens with zero attached hydrogens (tertiary/aromatic N) is 1. The lowest BCUT2D eigenvalue weighted by Gasteiger charge is -2.34. The number of carbonyl (C=O) groups is 3. The van der Waals surface area contributed by atoms with Crippen LogP contribution in [0.3, 0.4) is 0 Å². The Morgan fingerprint density at radius 3 is 2.42 bits per heavy atom. The van der Waals surface area contributed by atoms with E-state index in [1.807, 2.05) is 0 Å². The van der Waals surface area contributed by atoms with Gasteiger partial charge in [-0.2, -0.15) is 0 Å². The molecule has 1 fully saturated rings. The normalized spacial score (nSPS) is 15.2. The van der Waals surface area contributed by atoms with Gasteiger partial charge in [0.05, 0.1) is 6.26 Å². The van der Waals surface area contributed by atoms with Gasteiger partial charge in [-0.3, -0.25) is 9.59 Å². The number of esters is 1. The standard InChI is InChI=1S/C25H31FN2O5/c1-17(2)23(27-24(30)21-9-6-14-32-21)25(31)33-16-22(29)28(20-7-4-3-5-8-20)15-18-10-12-19(26)13-11-18/h6,9-14,17,20,23H,3-5,7-8,15-16H2,1-2H3,(H,27,30)/t23-/m0/s1. The molecule has 1 aliphatic carbocycles. The number of nitrogens with one attached hydrogen (secondary N) is 1. The summed E-state index contributed by atoms with van der Waals surface area (Å²) in [6.07, 6.45) is 6.34. The first-order chi connectivity index (χ1) is 15.8. The second kappa shape index (κ2) is 11.6. The van der Waals surface area contributed by atoms with Gasteiger partial charge in [-0.1, -0.05) is 45.2 Å². The van der Waals surface area contributed by atoms with E-state index < -0.39 is 24.5 Å². The summed E-state index contributed by atoms with van der Waals surface area (Å²) in [5.74, 6) is -2.00. The van der Waals surface area contributed by atoms with Crippen LogP contribution in [-0.4, -0.2) is 41.4 Å². The van der Waals surface area contributed by atoms with Crippen LogP contribution in [0.15, 0.2) is 47.1 Å². The number of benzene rings is 1. The van der Waals surface area contributed by atoms with E-state index in [0.29, 0.717) is 6.54 Å². The van der Waals surface area contributed by atoms with E-state index >= 15 is 0 Å². The minimum absolute atomic E-state index is 0.0505. The summed E-state index contributed by atoms with van der Waals surface area (Å²) in [5.41, 5.74) is 0.812. The zero-order chi connectivity index (χ0) is 23.8. The van der Waals surface area contributed by atoms with Crippen molar-refractivity contribution in [3.05, 3.63) is 59.8 Å². The molecule has 1 aromatic carbocycles. The van der Waals surface area contributed by atoms with Gasteiger partial charge < -0.3 is 19.4 Å². The molecule has 0 bridgehead atoms. The molecule has 0 radical (unpaired) electrons.